The predicted molar refractivity (Wildman–Crippen MR) is 104 cm³/mol. The van der Waals surface area contributed by atoms with E-state index in [2.05, 4.69) is 0 Å². The summed E-state index contributed by atoms with van der Waals surface area (Å²) in [5, 5.41) is 1.38. The number of hydrogen-bond donors (Lipinski definition) is 0. The van der Waals surface area contributed by atoms with Crippen LogP contribution in [0.2, 0.25) is 5.02 Å². The van der Waals surface area contributed by atoms with Crippen molar-refractivity contribution in [3.63, 3.8) is 0 Å². The highest BCUT2D eigenvalue weighted by Gasteiger charge is 2.17. The molecule has 1 aromatic heterocycles. The molecule has 0 aliphatic carbocycles. The van der Waals surface area contributed by atoms with Gasteiger partial charge in [0.2, 0.25) is 6.79 Å². The highest BCUT2D eigenvalue weighted by atomic mass is 35.5. The summed E-state index contributed by atoms with van der Waals surface area (Å²) in [6.07, 6.45) is 0. The topological polar surface area (TPSA) is 31.4 Å². The first-order valence-electron chi connectivity index (χ1n) is 8.44. The van der Waals surface area contributed by atoms with E-state index in [0.29, 0.717) is 22.1 Å². The molecule has 4 aromatic rings. The van der Waals surface area contributed by atoms with Gasteiger partial charge in [-0.2, -0.15) is 0 Å². The Bertz CT molecular complexity index is 1200. The Morgan fingerprint density at radius 1 is 0.857 bits per heavy atom. The molecule has 1 aliphatic heterocycles. The molecule has 0 N–H and O–H groups in total. The van der Waals surface area contributed by atoms with Crippen molar-refractivity contribution in [2.24, 2.45) is 0 Å². The second-order valence-electron chi connectivity index (χ2n) is 6.26. The van der Waals surface area contributed by atoms with Gasteiger partial charge in [0, 0.05) is 21.5 Å². The molecule has 5 rings (SSSR count). The Morgan fingerprint density at radius 2 is 1.68 bits per heavy atom. The van der Waals surface area contributed by atoms with E-state index in [1.54, 1.807) is 18.2 Å². The molecule has 0 saturated heterocycles. The van der Waals surface area contributed by atoms with Crippen molar-refractivity contribution in [2.45, 2.75) is 0 Å². The van der Waals surface area contributed by atoms with Crippen LogP contribution in [0, 0.1) is 5.82 Å². The fraction of sp³-hybridized carbons (Fsp3) is 0.0455. The largest absolute Gasteiger partial charge is 1.00 e. The van der Waals surface area contributed by atoms with Gasteiger partial charge in [0.05, 0.1) is 11.2 Å². The van der Waals surface area contributed by atoms with E-state index in [1.807, 2.05) is 42.5 Å². The van der Waals surface area contributed by atoms with E-state index in [9.17, 15) is 4.39 Å². The quantitative estimate of drug-likeness (QED) is 0.506. The molecule has 0 saturated carbocycles. The Balaban J connectivity index is 0.00000192. The standard InChI is InChI=1S/C22H13ClFNO2.ClH/c23-14-6-7-19-17(10-14)16(15-3-1-2-4-18(15)24)11-20(25-19)13-5-8-21-22(9-13)27-12-26-21;/h1-11H,12H2;1H/p-1. The van der Waals surface area contributed by atoms with Gasteiger partial charge in [-0.05, 0) is 54.1 Å². The number of hydrogen-bond acceptors (Lipinski definition) is 3. The van der Waals surface area contributed by atoms with Gasteiger partial charge in [0.1, 0.15) is 5.82 Å². The highest BCUT2D eigenvalue weighted by molar-refractivity contribution is 6.31. The van der Waals surface area contributed by atoms with Crippen LogP contribution >= 0.6 is 11.6 Å². The van der Waals surface area contributed by atoms with E-state index in [-0.39, 0.29) is 25.0 Å². The zero-order chi connectivity index (χ0) is 18.4. The maximum absolute atomic E-state index is 14.5. The van der Waals surface area contributed by atoms with Gasteiger partial charge in [-0.25, -0.2) is 9.37 Å². The van der Waals surface area contributed by atoms with Crippen molar-refractivity contribution >= 4 is 22.5 Å². The lowest BCUT2D eigenvalue weighted by atomic mass is 9.98. The fourth-order valence-corrected chi connectivity index (χ4v) is 3.48. The number of benzene rings is 3. The molecule has 3 aromatic carbocycles. The molecule has 3 nitrogen and oxygen atoms in total. The summed E-state index contributed by atoms with van der Waals surface area (Å²) in [7, 11) is 0. The zero-order valence-electron chi connectivity index (χ0n) is 14.5. The molecule has 6 heteroatoms. The van der Waals surface area contributed by atoms with E-state index in [4.69, 9.17) is 26.1 Å². The van der Waals surface area contributed by atoms with Crippen molar-refractivity contribution < 1.29 is 26.3 Å². The van der Waals surface area contributed by atoms with Gasteiger partial charge in [0.15, 0.2) is 11.5 Å². The summed E-state index contributed by atoms with van der Waals surface area (Å²) in [4.78, 5) is 4.75. The van der Waals surface area contributed by atoms with E-state index < -0.39 is 0 Å². The minimum absolute atomic E-state index is 0. The first kappa shape index (κ1) is 18.5. The molecule has 1 aliphatic rings. The normalized spacial score (nSPS) is 12.1. The molecule has 28 heavy (non-hydrogen) atoms. The molecule has 0 atom stereocenters. The SMILES string of the molecule is Fc1ccccc1-c1cc(-c2ccc3c(c2)OCO3)nc2ccc(Cl)cc12.[Cl-]. The van der Waals surface area contributed by atoms with Crippen molar-refractivity contribution in [1.82, 2.24) is 4.98 Å². The number of aromatic nitrogens is 1. The maximum Gasteiger partial charge on any atom is 0.231 e. The molecule has 0 radical (unpaired) electrons. The van der Waals surface area contributed by atoms with Crippen LogP contribution in [-0.4, -0.2) is 11.8 Å². The third-order valence-corrected chi connectivity index (χ3v) is 4.84. The lowest BCUT2D eigenvalue weighted by Crippen LogP contribution is -3.00. The predicted octanol–water partition coefficient (Wildman–Crippen LogP) is 3.09. The van der Waals surface area contributed by atoms with Crippen LogP contribution in [0.4, 0.5) is 4.39 Å². The van der Waals surface area contributed by atoms with Gasteiger partial charge in [-0.3, -0.25) is 0 Å². The van der Waals surface area contributed by atoms with Crippen LogP contribution in [-0.2, 0) is 0 Å². The molecule has 140 valence electrons. The molecule has 2 heterocycles. The van der Waals surface area contributed by atoms with E-state index in [0.717, 1.165) is 27.7 Å². The van der Waals surface area contributed by atoms with Gasteiger partial charge < -0.3 is 21.9 Å². The van der Waals surface area contributed by atoms with Gasteiger partial charge in [-0.1, -0.05) is 29.8 Å². The zero-order valence-corrected chi connectivity index (χ0v) is 16.0. The Kier molecular flexibility index (Phi) is 4.84. The molecule has 0 amide bonds. The van der Waals surface area contributed by atoms with Crippen molar-refractivity contribution in [3.05, 3.63) is 77.6 Å². The monoisotopic (exact) mass is 412 g/mol. The van der Waals surface area contributed by atoms with Crippen LogP contribution in [0.25, 0.3) is 33.3 Å². The van der Waals surface area contributed by atoms with Gasteiger partial charge in [-0.15, -0.1) is 0 Å². The molecule has 0 fully saturated rings. The summed E-state index contributed by atoms with van der Waals surface area (Å²) < 4.78 is 25.4. The van der Waals surface area contributed by atoms with E-state index >= 15 is 0 Å². The summed E-state index contributed by atoms with van der Waals surface area (Å²) in [6, 6.07) is 19.7. The number of halogens is 3. The van der Waals surface area contributed by atoms with E-state index in [1.165, 1.54) is 6.07 Å². The second kappa shape index (κ2) is 7.30. The number of nitrogens with zero attached hydrogens (tertiary/aromatic N) is 1. The number of ether oxygens (including phenoxy) is 2. The molecule has 0 unspecified atom stereocenters. The van der Waals surface area contributed by atoms with Crippen molar-refractivity contribution in [3.8, 4) is 33.9 Å². The first-order valence-corrected chi connectivity index (χ1v) is 8.82. The molecule has 0 bridgehead atoms. The summed E-state index contributed by atoms with van der Waals surface area (Å²) in [6.45, 7) is 0.211. The Morgan fingerprint density at radius 3 is 2.54 bits per heavy atom. The van der Waals surface area contributed by atoms with Crippen molar-refractivity contribution in [1.29, 1.82) is 0 Å². The summed E-state index contributed by atoms with van der Waals surface area (Å²) >= 11 is 6.19. The number of rotatable bonds is 2. The molecular formula is C22H13Cl2FNO2-. The third-order valence-electron chi connectivity index (χ3n) is 4.60. The first-order chi connectivity index (χ1) is 13.2. The van der Waals surface area contributed by atoms with Crippen LogP contribution in [0.15, 0.2) is 66.7 Å². The second-order valence-corrected chi connectivity index (χ2v) is 6.70. The fourth-order valence-electron chi connectivity index (χ4n) is 3.30. The number of pyridine rings is 1. The minimum Gasteiger partial charge on any atom is -1.00 e. The van der Waals surface area contributed by atoms with Gasteiger partial charge >= 0.3 is 0 Å². The van der Waals surface area contributed by atoms with Crippen LogP contribution < -0.4 is 21.9 Å². The number of fused-ring (bicyclic) bond motifs is 2. The maximum atomic E-state index is 14.5. The van der Waals surface area contributed by atoms with Crippen LogP contribution in [0.1, 0.15) is 0 Å². The van der Waals surface area contributed by atoms with Crippen molar-refractivity contribution in [2.75, 3.05) is 6.79 Å². The highest BCUT2D eigenvalue weighted by Crippen LogP contribution is 2.38. The molecular weight excluding hydrogens is 400 g/mol. The lowest BCUT2D eigenvalue weighted by Gasteiger charge is -2.12. The smallest absolute Gasteiger partial charge is 0.231 e. The Labute approximate surface area is 172 Å². The lowest BCUT2D eigenvalue weighted by molar-refractivity contribution is -0.00000727. The summed E-state index contributed by atoms with van der Waals surface area (Å²) in [5.41, 5.74) is 3.59. The molecule has 0 spiro atoms. The summed E-state index contributed by atoms with van der Waals surface area (Å²) in [5.74, 6) is 1.10. The minimum atomic E-state index is -0.290. The van der Waals surface area contributed by atoms with Gasteiger partial charge in [0.25, 0.3) is 0 Å². The Hall–Kier alpha value is -2.82. The average Bonchev–Trinajstić information content (AvgIpc) is 3.15. The van der Waals surface area contributed by atoms with Crippen LogP contribution in [0.3, 0.4) is 0 Å². The van der Waals surface area contributed by atoms with Crippen LogP contribution in [0.5, 0.6) is 11.5 Å². The third kappa shape index (κ3) is 3.15. The average molecular weight is 413 g/mol.